The van der Waals surface area contributed by atoms with Gasteiger partial charge in [-0.05, 0) is 23.8 Å². The maximum absolute atomic E-state index is 9.24. The van der Waals surface area contributed by atoms with Gasteiger partial charge in [0.2, 0.25) is 0 Å². The molecule has 0 spiro atoms. The van der Waals surface area contributed by atoms with Crippen molar-refractivity contribution in [3.8, 4) is 17.6 Å². The lowest BCUT2D eigenvalue weighted by atomic mass is 10.1. The Kier molecular flexibility index (Phi) is 4.14. The molecular weight excluding hydrogens is 240 g/mol. The molecule has 3 N–H and O–H groups in total. The summed E-state index contributed by atoms with van der Waals surface area (Å²) in [6.45, 7) is 0.265. The number of para-hydroxylation sites is 1. The first kappa shape index (κ1) is 13.1. The van der Waals surface area contributed by atoms with Crippen LogP contribution in [-0.4, -0.2) is 5.11 Å². The fourth-order valence-electron chi connectivity index (χ4n) is 1.73. The number of nitrogens with two attached hydrogens (primary N) is 1. The van der Waals surface area contributed by atoms with Crippen LogP contribution in [0.25, 0.3) is 0 Å². The Bertz CT molecular complexity index is 618. The summed E-state index contributed by atoms with van der Waals surface area (Å²) in [6.07, 6.45) is 0. The summed E-state index contributed by atoms with van der Waals surface area (Å²) in [7, 11) is 0. The number of hydrogen-bond acceptors (Lipinski definition) is 4. The number of rotatable bonds is 4. The van der Waals surface area contributed by atoms with Crippen LogP contribution in [0.4, 0.5) is 0 Å². The van der Waals surface area contributed by atoms with Crippen molar-refractivity contribution in [3.05, 3.63) is 59.2 Å². The van der Waals surface area contributed by atoms with Crippen molar-refractivity contribution in [2.75, 3.05) is 0 Å². The molecule has 0 aliphatic heterocycles. The minimum absolute atomic E-state index is 0.112. The molecule has 0 atom stereocenters. The number of hydrogen-bond donors (Lipinski definition) is 2. The normalized spacial score (nSPS) is 9.95. The van der Waals surface area contributed by atoms with Crippen LogP contribution in [0, 0.1) is 11.3 Å². The van der Waals surface area contributed by atoms with E-state index in [9.17, 15) is 5.11 Å². The van der Waals surface area contributed by atoms with Crippen LogP contribution in [0.5, 0.6) is 11.5 Å². The second-order valence-electron chi connectivity index (χ2n) is 4.01. The van der Waals surface area contributed by atoms with E-state index in [-0.39, 0.29) is 6.61 Å². The van der Waals surface area contributed by atoms with Gasteiger partial charge in [-0.15, -0.1) is 0 Å². The Morgan fingerprint density at radius 3 is 2.63 bits per heavy atom. The summed E-state index contributed by atoms with van der Waals surface area (Å²) in [6, 6.07) is 14.5. The highest BCUT2D eigenvalue weighted by atomic mass is 16.5. The average Bonchev–Trinajstić information content (AvgIpc) is 2.48. The van der Waals surface area contributed by atoms with Gasteiger partial charge in [0.15, 0.2) is 0 Å². The third kappa shape index (κ3) is 2.91. The first-order valence-corrected chi connectivity index (χ1v) is 5.88. The SMILES string of the molecule is N#Cc1cc(CN)ccc1Oc1ccccc1CO. The standard InChI is InChI=1S/C15H14N2O2/c16-8-11-5-6-15(13(7-11)9-17)19-14-4-2-1-3-12(14)10-18/h1-7,18H,8,10,16H2. The number of ether oxygens (including phenoxy) is 1. The Morgan fingerprint density at radius 2 is 1.95 bits per heavy atom. The molecule has 0 aliphatic carbocycles. The van der Waals surface area contributed by atoms with Crippen molar-refractivity contribution in [1.29, 1.82) is 5.26 Å². The number of aliphatic hydroxyl groups excluding tert-OH is 1. The third-order valence-corrected chi connectivity index (χ3v) is 2.76. The molecule has 0 heterocycles. The number of aliphatic hydroxyl groups is 1. The largest absolute Gasteiger partial charge is 0.456 e. The summed E-state index contributed by atoms with van der Waals surface area (Å²) in [5.41, 5.74) is 7.51. The van der Waals surface area contributed by atoms with E-state index in [0.717, 1.165) is 5.56 Å². The summed E-state index contributed by atoms with van der Waals surface area (Å²) < 4.78 is 5.70. The van der Waals surface area contributed by atoms with Gasteiger partial charge in [0, 0.05) is 12.1 Å². The van der Waals surface area contributed by atoms with Gasteiger partial charge in [0.1, 0.15) is 17.6 Å². The van der Waals surface area contributed by atoms with Crippen molar-refractivity contribution in [2.24, 2.45) is 5.73 Å². The minimum Gasteiger partial charge on any atom is -0.456 e. The van der Waals surface area contributed by atoms with E-state index < -0.39 is 0 Å². The number of benzene rings is 2. The fourth-order valence-corrected chi connectivity index (χ4v) is 1.73. The molecule has 2 aromatic rings. The summed E-state index contributed by atoms with van der Waals surface area (Å²) >= 11 is 0. The molecule has 0 saturated carbocycles. The van der Waals surface area contributed by atoms with E-state index in [2.05, 4.69) is 6.07 Å². The Balaban J connectivity index is 2.36. The van der Waals surface area contributed by atoms with Crippen molar-refractivity contribution in [1.82, 2.24) is 0 Å². The highest BCUT2D eigenvalue weighted by Crippen LogP contribution is 2.28. The molecule has 0 radical (unpaired) electrons. The van der Waals surface area contributed by atoms with Gasteiger partial charge in [0.25, 0.3) is 0 Å². The van der Waals surface area contributed by atoms with Crippen LogP contribution in [0.3, 0.4) is 0 Å². The molecule has 4 heteroatoms. The summed E-state index contributed by atoms with van der Waals surface area (Å²) in [4.78, 5) is 0. The zero-order chi connectivity index (χ0) is 13.7. The highest BCUT2D eigenvalue weighted by molar-refractivity contribution is 5.48. The lowest BCUT2D eigenvalue weighted by Crippen LogP contribution is -1.98. The molecule has 96 valence electrons. The molecule has 0 amide bonds. The highest BCUT2D eigenvalue weighted by Gasteiger charge is 2.08. The van der Waals surface area contributed by atoms with Crippen LogP contribution < -0.4 is 10.5 Å². The molecule has 0 aromatic heterocycles. The summed E-state index contributed by atoms with van der Waals surface area (Å²) in [5, 5.41) is 18.4. The van der Waals surface area contributed by atoms with Crippen molar-refractivity contribution in [2.45, 2.75) is 13.2 Å². The van der Waals surface area contributed by atoms with Crippen molar-refractivity contribution < 1.29 is 9.84 Å². The Labute approximate surface area is 111 Å². The maximum atomic E-state index is 9.24. The molecule has 19 heavy (non-hydrogen) atoms. The van der Waals surface area contributed by atoms with Gasteiger partial charge in [-0.1, -0.05) is 24.3 Å². The summed E-state index contributed by atoms with van der Waals surface area (Å²) in [5.74, 6) is 1.00. The molecule has 2 rings (SSSR count). The van der Waals surface area contributed by atoms with E-state index in [1.165, 1.54) is 0 Å². The second-order valence-corrected chi connectivity index (χ2v) is 4.01. The lowest BCUT2D eigenvalue weighted by Gasteiger charge is -2.11. The topological polar surface area (TPSA) is 79.3 Å². The molecule has 4 nitrogen and oxygen atoms in total. The molecular formula is C15H14N2O2. The molecule has 0 aliphatic rings. The van der Waals surface area contributed by atoms with Crippen LogP contribution in [0.1, 0.15) is 16.7 Å². The van der Waals surface area contributed by atoms with E-state index >= 15 is 0 Å². The first-order valence-electron chi connectivity index (χ1n) is 5.88. The van der Waals surface area contributed by atoms with Crippen LogP contribution in [0.2, 0.25) is 0 Å². The van der Waals surface area contributed by atoms with Crippen LogP contribution in [-0.2, 0) is 13.2 Å². The zero-order valence-electron chi connectivity index (χ0n) is 10.3. The van der Waals surface area contributed by atoms with Crippen LogP contribution in [0.15, 0.2) is 42.5 Å². The predicted octanol–water partition coefficient (Wildman–Crippen LogP) is 2.30. The number of nitriles is 1. The quantitative estimate of drug-likeness (QED) is 0.877. The van der Waals surface area contributed by atoms with Gasteiger partial charge < -0.3 is 15.6 Å². The van der Waals surface area contributed by atoms with Crippen molar-refractivity contribution in [3.63, 3.8) is 0 Å². The second kappa shape index (κ2) is 6.01. The Morgan fingerprint density at radius 1 is 1.16 bits per heavy atom. The maximum Gasteiger partial charge on any atom is 0.145 e. The van der Waals surface area contributed by atoms with Gasteiger partial charge >= 0.3 is 0 Å². The van der Waals surface area contributed by atoms with E-state index in [0.29, 0.717) is 29.2 Å². The monoisotopic (exact) mass is 254 g/mol. The van der Waals surface area contributed by atoms with Crippen molar-refractivity contribution >= 4 is 0 Å². The van der Waals surface area contributed by atoms with E-state index in [1.807, 2.05) is 18.2 Å². The molecule has 2 aromatic carbocycles. The molecule has 0 bridgehead atoms. The van der Waals surface area contributed by atoms with Gasteiger partial charge in [-0.25, -0.2) is 0 Å². The zero-order valence-corrected chi connectivity index (χ0v) is 10.3. The molecule has 0 saturated heterocycles. The van der Waals surface area contributed by atoms with Gasteiger partial charge in [0.05, 0.1) is 12.2 Å². The van der Waals surface area contributed by atoms with Gasteiger partial charge in [-0.3, -0.25) is 0 Å². The minimum atomic E-state index is -0.112. The fraction of sp³-hybridized carbons (Fsp3) is 0.133. The third-order valence-electron chi connectivity index (χ3n) is 2.76. The first-order chi connectivity index (χ1) is 9.28. The predicted molar refractivity (Wildman–Crippen MR) is 71.5 cm³/mol. The number of nitrogens with zero attached hydrogens (tertiary/aromatic N) is 1. The molecule has 0 fully saturated rings. The van der Waals surface area contributed by atoms with E-state index in [1.54, 1.807) is 24.3 Å². The smallest absolute Gasteiger partial charge is 0.145 e. The van der Waals surface area contributed by atoms with Gasteiger partial charge in [-0.2, -0.15) is 5.26 Å². The lowest BCUT2D eigenvalue weighted by molar-refractivity contribution is 0.276. The Hall–Kier alpha value is -2.35. The molecule has 0 unspecified atom stereocenters. The van der Waals surface area contributed by atoms with Crippen LogP contribution >= 0.6 is 0 Å². The van der Waals surface area contributed by atoms with E-state index in [4.69, 9.17) is 15.7 Å². The average molecular weight is 254 g/mol.